The van der Waals surface area contributed by atoms with E-state index in [0.29, 0.717) is 5.92 Å². The minimum Gasteiger partial charge on any atom is -0.316 e. The SMILES string of the molecule is Clc1ccc2ncnc(C3CCCNC3)c2c1. The fourth-order valence-corrected chi connectivity index (χ4v) is 2.63. The van der Waals surface area contributed by atoms with Crippen molar-refractivity contribution < 1.29 is 0 Å². The third-order valence-corrected chi connectivity index (χ3v) is 3.55. The van der Waals surface area contributed by atoms with E-state index in [1.54, 1.807) is 6.33 Å². The number of nitrogens with zero attached hydrogens (tertiary/aromatic N) is 2. The molecule has 2 heterocycles. The maximum absolute atomic E-state index is 6.06. The van der Waals surface area contributed by atoms with E-state index in [1.807, 2.05) is 18.2 Å². The fraction of sp³-hybridized carbons (Fsp3) is 0.385. The first kappa shape index (κ1) is 10.9. The highest BCUT2D eigenvalue weighted by Gasteiger charge is 2.18. The summed E-state index contributed by atoms with van der Waals surface area (Å²) < 4.78 is 0. The molecule has 0 spiro atoms. The Hall–Kier alpha value is -1.19. The van der Waals surface area contributed by atoms with Gasteiger partial charge in [-0.15, -0.1) is 0 Å². The van der Waals surface area contributed by atoms with Crippen LogP contribution in [0.5, 0.6) is 0 Å². The van der Waals surface area contributed by atoms with Gasteiger partial charge < -0.3 is 5.32 Å². The van der Waals surface area contributed by atoms with Gasteiger partial charge in [-0.25, -0.2) is 9.97 Å². The molecule has 1 unspecified atom stereocenters. The number of benzene rings is 1. The van der Waals surface area contributed by atoms with E-state index < -0.39 is 0 Å². The number of piperidine rings is 1. The molecule has 1 aromatic carbocycles. The van der Waals surface area contributed by atoms with Crippen LogP contribution in [0.15, 0.2) is 24.5 Å². The van der Waals surface area contributed by atoms with E-state index >= 15 is 0 Å². The predicted octanol–water partition coefficient (Wildman–Crippen LogP) is 2.75. The van der Waals surface area contributed by atoms with E-state index in [0.717, 1.165) is 34.7 Å². The van der Waals surface area contributed by atoms with Crippen LogP contribution in [0.1, 0.15) is 24.5 Å². The van der Waals surface area contributed by atoms with Crippen LogP contribution in [-0.2, 0) is 0 Å². The van der Waals surface area contributed by atoms with Gasteiger partial charge in [0, 0.05) is 22.9 Å². The van der Waals surface area contributed by atoms with Gasteiger partial charge in [-0.1, -0.05) is 11.6 Å². The average molecular weight is 248 g/mol. The predicted molar refractivity (Wildman–Crippen MR) is 69.4 cm³/mol. The first-order valence-corrected chi connectivity index (χ1v) is 6.33. The minimum absolute atomic E-state index is 0.479. The second-order valence-corrected chi connectivity index (χ2v) is 4.90. The molecular formula is C13H14ClN3. The number of halogens is 1. The lowest BCUT2D eigenvalue weighted by atomic mass is 9.93. The highest BCUT2D eigenvalue weighted by atomic mass is 35.5. The monoisotopic (exact) mass is 247 g/mol. The molecule has 4 heteroatoms. The molecule has 17 heavy (non-hydrogen) atoms. The summed E-state index contributed by atoms with van der Waals surface area (Å²) in [4.78, 5) is 8.75. The zero-order chi connectivity index (χ0) is 11.7. The summed E-state index contributed by atoms with van der Waals surface area (Å²) in [5.41, 5.74) is 2.11. The van der Waals surface area contributed by atoms with Crippen LogP contribution in [0.2, 0.25) is 5.02 Å². The van der Waals surface area contributed by atoms with Crippen LogP contribution >= 0.6 is 11.6 Å². The van der Waals surface area contributed by atoms with Crippen LogP contribution in [0.4, 0.5) is 0 Å². The number of hydrogen-bond acceptors (Lipinski definition) is 3. The van der Waals surface area contributed by atoms with Crippen molar-refractivity contribution in [2.24, 2.45) is 0 Å². The largest absolute Gasteiger partial charge is 0.316 e. The zero-order valence-electron chi connectivity index (χ0n) is 9.49. The van der Waals surface area contributed by atoms with Gasteiger partial charge in [0.2, 0.25) is 0 Å². The van der Waals surface area contributed by atoms with Gasteiger partial charge in [0.15, 0.2) is 0 Å². The molecule has 0 bridgehead atoms. The van der Waals surface area contributed by atoms with Crippen LogP contribution in [0, 0.1) is 0 Å². The van der Waals surface area contributed by atoms with Crippen molar-refractivity contribution in [3.05, 3.63) is 35.2 Å². The Bertz CT molecular complexity index is 535. The van der Waals surface area contributed by atoms with E-state index in [9.17, 15) is 0 Å². The second-order valence-electron chi connectivity index (χ2n) is 4.46. The van der Waals surface area contributed by atoms with Crippen LogP contribution in [0.25, 0.3) is 10.9 Å². The highest BCUT2D eigenvalue weighted by Crippen LogP contribution is 2.28. The molecule has 0 saturated carbocycles. The molecule has 1 fully saturated rings. The number of hydrogen-bond donors (Lipinski definition) is 1. The average Bonchev–Trinajstić information content (AvgIpc) is 2.39. The van der Waals surface area contributed by atoms with Crippen LogP contribution < -0.4 is 5.32 Å². The standard InChI is InChI=1S/C13H14ClN3/c14-10-3-4-12-11(6-10)13(17-8-16-12)9-2-1-5-15-7-9/h3-4,6,8-9,15H,1-2,5,7H2. The minimum atomic E-state index is 0.479. The summed E-state index contributed by atoms with van der Waals surface area (Å²) in [7, 11) is 0. The smallest absolute Gasteiger partial charge is 0.116 e. The lowest BCUT2D eigenvalue weighted by Crippen LogP contribution is -2.29. The normalized spacial score (nSPS) is 20.6. The molecule has 0 radical (unpaired) electrons. The van der Waals surface area contributed by atoms with Crippen molar-refractivity contribution in [1.29, 1.82) is 0 Å². The third kappa shape index (κ3) is 2.13. The van der Waals surface area contributed by atoms with Crippen molar-refractivity contribution in [3.63, 3.8) is 0 Å². The molecule has 3 nitrogen and oxygen atoms in total. The van der Waals surface area contributed by atoms with Gasteiger partial charge >= 0.3 is 0 Å². The Kier molecular flexibility index (Phi) is 2.95. The first-order chi connectivity index (χ1) is 8.34. The van der Waals surface area contributed by atoms with Crippen molar-refractivity contribution >= 4 is 22.5 Å². The highest BCUT2D eigenvalue weighted by molar-refractivity contribution is 6.31. The molecule has 1 N–H and O–H groups in total. The molecule has 0 aliphatic carbocycles. The summed E-state index contributed by atoms with van der Waals surface area (Å²) in [5.74, 6) is 0.479. The van der Waals surface area contributed by atoms with Crippen LogP contribution in [0.3, 0.4) is 0 Å². The number of rotatable bonds is 1. The summed E-state index contributed by atoms with van der Waals surface area (Å²) in [6, 6.07) is 5.81. The van der Waals surface area contributed by atoms with Gasteiger partial charge in [0.05, 0.1) is 11.2 Å². The quantitative estimate of drug-likeness (QED) is 0.842. The molecule has 1 aliphatic rings. The van der Waals surface area contributed by atoms with Gasteiger partial charge in [0.1, 0.15) is 6.33 Å². The number of fused-ring (bicyclic) bond motifs is 1. The lowest BCUT2D eigenvalue weighted by molar-refractivity contribution is 0.456. The number of aromatic nitrogens is 2. The van der Waals surface area contributed by atoms with E-state index in [1.165, 1.54) is 12.8 Å². The van der Waals surface area contributed by atoms with Crippen molar-refractivity contribution in [3.8, 4) is 0 Å². The molecule has 88 valence electrons. The van der Waals surface area contributed by atoms with Crippen molar-refractivity contribution in [1.82, 2.24) is 15.3 Å². The van der Waals surface area contributed by atoms with Crippen molar-refractivity contribution in [2.75, 3.05) is 13.1 Å². The van der Waals surface area contributed by atoms with Crippen molar-refractivity contribution in [2.45, 2.75) is 18.8 Å². The van der Waals surface area contributed by atoms with E-state index in [-0.39, 0.29) is 0 Å². The molecule has 1 saturated heterocycles. The molecule has 3 rings (SSSR count). The lowest BCUT2D eigenvalue weighted by Gasteiger charge is -2.23. The summed E-state index contributed by atoms with van der Waals surface area (Å²) >= 11 is 6.06. The summed E-state index contributed by atoms with van der Waals surface area (Å²) in [6.45, 7) is 2.11. The molecular weight excluding hydrogens is 234 g/mol. The summed E-state index contributed by atoms with van der Waals surface area (Å²) in [6.07, 6.45) is 4.04. The van der Waals surface area contributed by atoms with Gasteiger partial charge in [-0.3, -0.25) is 0 Å². The zero-order valence-corrected chi connectivity index (χ0v) is 10.2. The van der Waals surface area contributed by atoms with Gasteiger partial charge in [-0.05, 0) is 37.6 Å². The fourth-order valence-electron chi connectivity index (χ4n) is 2.46. The Morgan fingerprint density at radius 3 is 3.06 bits per heavy atom. The van der Waals surface area contributed by atoms with Gasteiger partial charge in [0.25, 0.3) is 0 Å². The Morgan fingerprint density at radius 1 is 1.29 bits per heavy atom. The maximum atomic E-state index is 6.06. The number of nitrogens with one attached hydrogen (secondary N) is 1. The Labute approximate surface area is 105 Å². The molecule has 1 aliphatic heterocycles. The molecule has 1 aromatic heterocycles. The Balaban J connectivity index is 2.11. The molecule has 0 amide bonds. The third-order valence-electron chi connectivity index (χ3n) is 3.31. The first-order valence-electron chi connectivity index (χ1n) is 5.95. The summed E-state index contributed by atoms with van der Waals surface area (Å²) in [5, 5.41) is 5.26. The molecule has 2 aromatic rings. The topological polar surface area (TPSA) is 37.8 Å². The van der Waals surface area contributed by atoms with E-state index in [4.69, 9.17) is 11.6 Å². The maximum Gasteiger partial charge on any atom is 0.116 e. The second kappa shape index (κ2) is 4.59. The molecule has 1 atom stereocenters. The van der Waals surface area contributed by atoms with E-state index in [2.05, 4.69) is 15.3 Å². The Morgan fingerprint density at radius 2 is 2.24 bits per heavy atom. The van der Waals surface area contributed by atoms with Crippen LogP contribution in [-0.4, -0.2) is 23.1 Å². The van der Waals surface area contributed by atoms with Gasteiger partial charge in [-0.2, -0.15) is 0 Å².